The quantitative estimate of drug-likeness (QED) is 0.685. The largest absolute Gasteiger partial charge is 0.495 e. The van der Waals surface area contributed by atoms with Gasteiger partial charge >= 0.3 is 0 Å². The van der Waals surface area contributed by atoms with Gasteiger partial charge in [-0.05, 0) is 30.3 Å². The number of imidazole rings is 1. The first-order valence-corrected chi connectivity index (χ1v) is 9.18. The van der Waals surface area contributed by atoms with Crippen molar-refractivity contribution in [3.8, 4) is 22.8 Å². The fourth-order valence-electron chi connectivity index (χ4n) is 2.44. The number of sulfonamides is 1. The average Bonchev–Trinajstić information content (AvgIpc) is 3.03. The minimum atomic E-state index is -3.44. The number of benzene rings is 1. The highest BCUT2D eigenvalue weighted by Crippen LogP contribution is 2.30. The Bertz CT molecular complexity index is 1020. The molecule has 2 heterocycles. The molecule has 10 heteroatoms. The predicted octanol–water partition coefficient (Wildman–Crippen LogP) is 2.32. The molecule has 0 spiro atoms. The number of pyridine rings is 1. The van der Waals surface area contributed by atoms with Crippen LogP contribution in [0.2, 0.25) is 0 Å². The van der Waals surface area contributed by atoms with Crippen molar-refractivity contribution >= 4 is 33.9 Å². The van der Waals surface area contributed by atoms with E-state index in [1.165, 1.54) is 7.11 Å². The van der Waals surface area contributed by atoms with E-state index in [1.54, 1.807) is 42.9 Å². The summed E-state index contributed by atoms with van der Waals surface area (Å²) in [7, 11) is -1.97. The Hall–Kier alpha value is -2.78. The molecule has 3 aromatic rings. The second-order valence-electron chi connectivity index (χ2n) is 5.35. The van der Waals surface area contributed by atoms with Gasteiger partial charge in [0, 0.05) is 29.8 Å². The van der Waals surface area contributed by atoms with Crippen molar-refractivity contribution < 1.29 is 13.2 Å². The lowest BCUT2D eigenvalue weighted by atomic mass is 10.2. The Kier molecular flexibility index (Phi) is 5.73. The zero-order valence-electron chi connectivity index (χ0n) is 14.1. The van der Waals surface area contributed by atoms with Gasteiger partial charge in [-0.25, -0.2) is 18.4 Å². The Labute approximate surface area is 157 Å². The third kappa shape index (κ3) is 4.24. The van der Waals surface area contributed by atoms with Gasteiger partial charge in [-0.3, -0.25) is 9.29 Å². The van der Waals surface area contributed by atoms with Crippen molar-refractivity contribution in [2.75, 3.05) is 23.8 Å². The van der Waals surface area contributed by atoms with E-state index in [0.717, 1.165) is 17.5 Å². The van der Waals surface area contributed by atoms with Gasteiger partial charge in [0.15, 0.2) is 0 Å². The van der Waals surface area contributed by atoms with Gasteiger partial charge < -0.3 is 10.5 Å². The number of nitrogens with one attached hydrogen (secondary N) is 1. The molecular weight excluding hydrogens is 378 g/mol. The number of rotatable bonds is 5. The number of hydrogen-bond acceptors (Lipinski definition) is 6. The van der Waals surface area contributed by atoms with E-state index in [9.17, 15) is 8.42 Å². The number of aromatic nitrogens is 3. The summed E-state index contributed by atoms with van der Waals surface area (Å²) in [6.07, 6.45) is 6.12. The second-order valence-corrected chi connectivity index (χ2v) is 7.10. The molecule has 2 aromatic heterocycles. The number of methoxy groups -OCH3 is 1. The van der Waals surface area contributed by atoms with E-state index >= 15 is 0 Å². The molecule has 0 aliphatic rings. The fourth-order valence-corrected chi connectivity index (χ4v) is 3.00. The van der Waals surface area contributed by atoms with Crippen LogP contribution in [0.25, 0.3) is 17.1 Å². The summed E-state index contributed by atoms with van der Waals surface area (Å²) >= 11 is 0. The third-order valence-electron chi connectivity index (χ3n) is 3.44. The van der Waals surface area contributed by atoms with Crippen molar-refractivity contribution in [1.82, 2.24) is 14.5 Å². The molecule has 0 aliphatic heterocycles. The lowest BCUT2D eigenvalue weighted by Crippen LogP contribution is -2.11. The topological polar surface area (TPSA) is 112 Å². The number of ether oxygens (including phenoxy) is 1. The number of nitrogens with zero attached hydrogens (tertiary/aromatic N) is 3. The molecule has 138 valence electrons. The van der Waals surface area contributed by atoms with Crippen molar-refractivity contribution in [2.45, 2.75) is 0 Å². The summed E-state index contributed by atoms with van der Waals surface area (Å²) in [6, 6.07) is 8.69. The normalized spacial score (nSPS) is 10.8. The zero-order chi connectivity index (χ0) is 18.0. The number of anilines is 2. The predicted molar refractivity (Wildman–Crippen MR) is 103 cm³/mol. The zero-order valence-corrected chi connectivity index (χ0v) is 15.7. The maximum Gasteiger partial charge on any atom is 0.229 e. The Morgan fingerprint density at radius 3 is 2.58 bits per heavy atom. The summed E-state index contributed by atoms with van der Waals surface area (Å²) < 4.78 is 32.7. The number of nitrogen functional groups attached to an aromatic ring is 1. The minimum absolute atomic E-state index is 0. The molecule has 0 saturated carbocycles. The molecule has 0 bridgehead atoms. The number of halogens is 1. The molecule has 8 nitrogen and oxygen atoms in total. The van der Waals surface area contributed by atoms with Gasteiger partial charge in [0.05, 0.1) is 19.1 Å². The van der Waals surface area contributed by atoms with E-state index in [0.29, 0.717) is 23.1 Å². The monoisotopic (exact) mass is 395 g/mol. The van der Waals surface area contributed by atoms with E-state index in [1.807, 2.05) is 10.6 Å². The summed E-state index contributed by atoms with van der Waals surface area (Å²) in [4.78, 5) is 8.34. The first-order valence-electron chi connectivity index (χ1n) is 7.29. The Morgan fingerprint density at radius 2 is 1.92 bits per heavy atom. The molecule has 0 radical (unpaired) electrons. The number of nitrogens with two attached hydrogens (primary N) is 1. The van der Waals surface area contributed by atoms with Gasteiger partial charge in [-0.2, -0.15) is 0 Å². The summed E-state index contributed by atoms with van der Waals surface area (Å²) in [5, 5.41) is 0. The molecule has 0 atom stereocenters. The van der Waals surface area contributed by atoms with E-state index in [4.69, 9.17) is 10.5 Å². The molecule has 0 fully saturated rings. The van der Waals surface area contributed by atoms with Crippen LogP contribution >= 0.6 is 12.4 Å². The van der Waals surface area contributed by atoms with Crippen LogP contribution in [0.5, 0.6) is 5.75 Å². The summed E-state index contributed by atoms with van der Waals surface area (Å²) in [5.74, 6) is 1.47. The lowest BCUT2D eigenvalue weighted by molar-refractivity contribution is 0.417. The smallest absolute Gasteiger partial charge is 0.229 e. The number of hydrogen-bond donors (Lipinski definition) is 2. The van der Waals surface area contributed by atoms with Gasteiger partial charge in [-0.1, -0.05) is 0 Å². The second kappa shape index (κ2) is 7.63. The molecule has 26 heavy (non-hydrogen) atoms. The van der Waals surface area contributed by atoms with Gasteiger partial charge in [-0.15, -0.1) is 12.4 Å². The van der Waals surface area contributed by atoms with E-state index < -0.39 is 10.0 Å². The van der Waals surface area contributed by atoms with Gasteiger partial charge in [0.2, 0.25) is 10.0 Å². The van der Waals surface area contributed by atoms with Crippen LogP contribution in [-0.2, 0) is 10.0 Å². The van der Waals surface area contributed by atoms with Crippen molar-refractivity contribution in [2.24, 2.45) is 0 Å². The highest BCUT2D eigenvalue weighted by molar-refractivity contribution is 7.92. The molecule has 0 saturated heterocycles. The lowest BCUT2D eigenvalue weighted by Gasteiger charge is -2.14. The van der Waals surface area contributed by atoms with Crippen molar-refractivity contribution in [3.63, 3.8) is 0 Å². The standard InChI is InChI=1S/C16H17N5O3S.ClH/c1-24-14-4-3-12(10-13(14)20-25(2,22)23)21-8-7-19-16(21)11-5-6-18-15(17)9-11;/h3-10,20H,1-2H3,(H2,17,18);1H. The Balaban J connectivity index is 0.00000243. The van der Waals surface area contributed by atoms with Crippen molar-refractivity contribution in [3.05, 3.63) is 48.9 Å². The van der Waals surface area contributed by atoms with E-state index in [-0.39, 0.29) is 12.4 Å². The Morgan fingerprint density at radius 1 is 1.15 bits per heavy atom. The summed E-state index contributed by atoms with van der Waals surface area (Å²) in [6.45, 7) is 0. The molecule has 3 rings (SSSR count). The third-order valence-corrected chi connectivity index (χ3v) is 4.03. The van der Waals surface area contributed by atoms with Crippen molar-refractivity contribution in [1.29, 1.82) is 0 Å². The fraction of sp³-hybridized carbons (Fsp3) is 0.125. The first-order chi connectivity index (χ1) is 11.9. The SMILES string of the molecule is COc1ccc(-n2ccnc2-c2ccnc(N)c2)cc1NS(C)(=O)=O.Cl. The van der Waals surface area contributed by atoms with Crippen LogP contribution in [0.3, 0.4) is 0 Å². The summed E-state index contributed by atoms with van der Waals surface area (Å²) in [5.41, 5.74) is 7.60. The van der Waals surface area contributed by atoms with Crippen LogP contribution in [0.1, 0.15) is 0 Å². The van der Waals surface area contributed by atoms with Crippen LogP contribution in [0, 0.1) is 0 Å². The minimum Gasteiger partial charge on any atom is -0.495 e. The molecule has 1 aromatic carbocycles. The maximum absolute atomic E-state index is 11.6. The molecule has 3 N–H and O–H groups in total. The maximum atomic E-state index is 11.6. The first kappa shape index (κ1) is 19.5. The molecule has 0 unspecified atom stereocenters. The molecule has 0 amide bonds. The highest BCUT2D eigenvalue weighted by atomic mass is 35.5. The van der Waals surface area contributed by atoms with Crippen LogP contribution in [0.15, 0.2) is 48.9 Å². The average molecular weight is 396 g/mol. The van der Waals surface area contributed by atoms with Crippen LogP contribution in [-0.4, -0.2) is 36.3 Å². The van der Waals surface area contributed by atoms with Crippen LogP contribution < -0.4 is 15.2 Å². The van der Waals surface area contributed by atoms with E-state index in [2.05, 4.69) is 14.7 Å². The van der Waals surface area contributed by atoms with Gasteiger partial charge in [0.25, 0.3) is 0 Å². The highest BCUT2D eigenvalue weighted by Gasteiger charge is 2.13. The molecule has 0 aliphatic carbocycles. The van der Waals surface area contributed by atoms with Crippen LogP contribution in [0.4, 0.5) is 11.5 Å². The van der Waals surface area contributed by atoms with Gasteiger partial charge in [0.1, 0.15) is 17.4 Å². The molecular formula is C16H18ClN5O3S.